The largest absolute Gasteiger partial charge is 0.497 e. The van der Waals surface area contributed by atoms with Crippen LogP contribution < -0.4 is 14.8 Å². The van der Waals surface area contributed by atoms with E-state index in [9.17, 15) is 9.59 Å². The number of carbonyl (C=O) groups excluding carboxylic acids is 2. The summed E-state index contributed by atoms with van der Waals surface area (Å²) < 4.78 is 10.8. The van der Waals surface area contributed by atoms with Gasteiger partial charge in [0.1, 0.15) is 18.1 Å². The fourth-order valence-electron chi connectivity index (χ4n) is 4.78. The van der Waals surface area contributed by atoms with Crippen molar-refractivity contribution in [3.63, 3.8) is 0 Å². The van der Waals surface area contributed by atoms with E-state index >= 15 is 0 Å². The van der Waals surface area contributed by atoms with Crippen LogP contribution in [0.15, 0.2) is 48.5 Å². The molecule has 1 heterocycles. The van der Waals surface area contributed by atoms with Crippen LogP contribution in [0.5, 0.6) is 11.5 Å². The van der Waals surface area contributed by atoms with Crippen molar-refractivity contribution < 1.29 is 19.1 Å². The van der Waals surface area contributed by atoms with E-state index < -0.39 is 5.54 Å². The lowest BCUT2D eigenvalue weighted by molar-refractivity contribution is -0.124. The lowest BCUT2D eigenvalue weighted by atomic mass is 9.77. The normalized spacial score (nSPS) is 17.2. The highest BCUT2D eigenvalue weighted by Gasteiger charge is 2.45. The molecule has 2 aromatic carbocycles. The van der Waals surface area contributed by atoms with Gasteiger partial charge in [0.15, 0.2) is 0 Å². The lowest BCUT2D eigenvalue weighted by Crippen LogP contribution is -2.53. The van der Waals surface area contributed by atoms with Gasteiger partial charge < -0.3 is 19.7 Å². The van der Waals surface area contributed by atoms with Crippen molar-refractivity contribution >= 4 is 11.8 Å². The standard InChI is InChI=1S/C25H30N2O4/c1-30-20-9-11-21(12-10-20)31-16-15-26-23(28)17-25(13-5-2-6-14-25)27-18-19-7-3-4-8-22(19)24(27)29/h3-4,7-12H,2,5-6,13-18H2,1H3,(H,26,28). The molecule has 6 nitrogen and oxygen atoms in total. The minimum atomic E-state index is -0.394. The number of amides is 2. The molecular weight excluding hydrogens is 392 g/mol. The minimum Gasteiger partial charge on any atom is -0.497 e. The number of ether oxygens (including phenoxy) is 2. The summed E-state index contributed by atoms with van der Waals surface area (Å²) in [5.74, 6) is 1.55. The summed E-state index contributed by atoms with van der Waals surface area (Å²) in [6.07, 6.45) is 5.36. The number of nitrogens with zero attached hydrogens (tertiary/aromatic N) is 1. The van der Waals surface area contributed by atoms with E-state index in [1.807, 2.05) is 53.4 Å². The molecule has 1 N–H and O–H groups in total. The molecule has 0 atom stereocenters. The van der Waals surface area contributed by atoms with Gasteiger partial charge in [0.05, 0.1) is 19.2 Å². The maximum absolute atomic E-state index is 13.1. The smallest absolute Gasteiger partial charge is 0.254 e. The fraction of sp³-hybridized carbons (Fsp3) is 0.440. The van der Waals surface area contributed by atoms with Crippen molar-refractivity contribution in [3.05, 3.63) is 59.7 Å². The Labute approximate surface area is 183 Å². The number of rotatable bonds is 8. The molecule has 31 heavy (non-hydrogen) atoms. The highest BCUT2D eigenvalue weighted by Crippen LogP contribution is 2.41. The molecule has 1 saturated carbocycles. The summed E-state index contributed by atoms with van der Waals surface area (Å²) in [6, 6.07) is 15.1. The lowest BCUT2D eigenvalue weighted by Gasteiger charge is -2.44. The Kier molecular flexibility index (Phi) is 6.44. The number of methoxy groups -OCH3 is 1. The van der Waals surface area contributed by atoms with Gasteiger partial charge in [-0.25, -0.2) is 0 Å². The van der Waals surface area contributed by atoms with E-state index in [1.165, 1.54) is 0 Å². The van der Waals surface area contributed by atoms with Crippen molar-refractivity contribution in [2.75, 3.05) is 20.3 Å². The third-order valence-corrected chi connectivity index (χ3v) is 6.42. The minimum absolute atomic E-state index is 0.0241. The van der Waals surface area contributed by atoms with E-state index in [-0.39, 0.29) is 11.8 Å². The molecule has 0 bridgehead atoms. The summed E-state index contributed by atoms with van der Waals surface area (Å²) in [6.45, 7) is 1.41. The number of nitrogens with one attached hydrogen (secondary N) is 1. The van der Waals surface area contributed by atoms with Gasteiger partial charge in [0.25, 0.3) is 5.91 Å². The third kappa shape index (κ3) is 4.68. The van der Waals surface area contributed by atoms with Crippen molar-refractivity contribution in [1.29, 1.82) is 0 Å². The average molecular weight is 423 g/mol. The van der Waals surface area contributed by atoms with Crippen molar-refractivity contribution in [2.24, 2.45) is 0 Å². The Bertz CT molecular complexity index is 919. The highest BCUT2D eigenvalue weighted by molar-refractivity contribution is 5.99. The van der Waals surface area contributed by atoms with Gasteiger partial charge in [-0.15, -0.1) is 0 Å². The summed E-state index contributed by atoms with van der Waals surface area (Å²) in [5, 5.41) is 2.98. The van der Waals surface area contributed by atoms with Crippen LogP contribution in [0, 0.1) is 0 Å². The van der Waals surface area contributed by atoms with Crippen LogP contribution in [0.1, 0.15) is 54.4 Å². The Morgan fingerprint density at radius 1 is 1.03 bits per heavy atom. The summed E-state index contributed by atoms with van der Waals surface area (Å²) >= 11 is 0. The second-order valence-corrected chi connectivity index (χ2v) is 8.38. The fourth-order valence-corrected chi connectivity index (χ4v) is 4.78. The number of hydrogen-bond acceptors (Lipinski definition) is 4. The Morgan fingerprint density at radius 3 is 2.45 bits per heavy atom. The van der Waals surface area contributed by atoms with Crippen LogP contribution in [0.4, 0.5) is 0 Å². The van der Waals surface area contributed by atoms with Crippen LogP contribution in [-0.2, 0) is 11.3 Å². The molecule has 1 fully saturated rings. The highest BCUT2D eigenvalue weighted by atomic mass is 16.5. The zero-order chi connectivity index (χ0) is 21.7. The zero-order valence-corrected chi connectivity index (χ0v) is 18.1. The Balaban J connectivity index is 1.33. The first-order valence-corrected chi connectivity index (χ1v) is 11.0. The topological polar surface area (TPSA) is 67.9 Å². The maximum Gasteiger partial charge on any atom is 0.254 e. The van der Waals surface area contributed by atoms with Crippen LogP contribution in [0.2, 0.25) is 0 Å². The number of fused-ring (bicyclic) bond motifs is 1. The maximum atomic E-state index is 13.1. The van der Waals surface area contributed by atoms with Crippen LogP contribution in [0.25, 0.3) is 0 Å². The monoisotopic (exact) mass is 422 g/mol. The van der Waals surface area contributed by atoms with Gasteiger partial charge in [-0.3, -0.25) is 9.59 Å². The number of hydrogen-bond donors (Lipinski definition) is 1. The molecule has 4 rings (SSSR count). The van der Waals surface area contributed by atoms with Gasteiger partial charge in [-0.2, -0.15) is 0 Å². The molecule has 164 valence electrons. The first kappa shape index (κ1) is 21.2. The number of benzene rings is 2. The Hall–Kier alpha value is -3.02. The van der Waals surface area contributed by atoms with E-state index in [0.717, 1.165) is 54.7 Å². The molecule has 2 amide bonds. The summed E-state index contributed by atoms with van der Waals surface area (Å²) in [4.78, 5) is 27.9. The van der Waals surface area contributed by atoms with Crippen LogP contribution in [-0.4, -0.2) is 42.5 Å². The molecule has 1 aliphatic carbocycles. The first-order chi connectivity index (χ1) is 15.1. The van der Waals surface area contributed by atoms with E-state index in [2.05, 4.69) is 5.32 Å². The first-order valence-electron chi connectivity index (χ1n) is 11.0. The average Bonchev–Trinajstić information content (AvgIpc) is 3.15. The molecule has 0 unspecified atom stereocenters. The van der Waals surface area contributed by atoms with Crippen LogP contribution in [0.3, 0.4) is 0 Å². The molecule has 1 aliphatic heterocycles. The summed E-state index contributed by atoms with van der Waals surface area (Å²) in [7, 11) is 1.62. The molecule has 0 radical (unpaired) electrons. The molecular formula is C25H30N2O4. The van der Waals surface area contributed by atoms with Crippen LogP contribution >= 0.6 is 0 Å². The molecule has 0 aromatic heterocycles. The van der Waals surface area contributed by atoms with Gasteiger partial charge in [0.2, 0.25) is 5.91 Å². The second-order valence-electron chi connectivity index (χ2n) is 8.38. The van der Waals surface area contributed by atoms with Gasteiger partial charge in [0, 0.05) is 18.5 Å². The third-order valence-electron chi connectivity index (χ3n) is 6.42. The van der Waals surface area contributed by atoms with Gasteiger partial charge in [-0.1, -0.05) is 37.5 Å². The van der Waals surface area contributed by atoms with E-state index in [0.29, 0.717) is 26.1 Å². The predicted octanol–water partition coefficient (Wildman–Crippen LogP) is 3.94. The zero-order valence-electron chi connectivity index (χ0n) is 18.1. The molecule has 2 aliphatic rings. The quantitative estimate of drug-likeness (QED) is 0.655. The predicted molar refractivity (Wildman–Crippen MR) is 118 cm³/mol. The van der Waals surface area contributed by atoms with Crippen molar-refractivity contribution in [1.82, 2.24) is 10.2 Å². The van der Waals surface area contributed by atoms with Crippen molar-refractivity contribution in [2.45, 2.75) is 50.6 Å². The number of carbonyl (C=O) groups is 2. The van der Waals surface area contributed by atoms with Gasteiger partial charge in [-0.05, 0) is 48.7 Å². The molecule has 0 spiro atoms. The van der Waals surface area contributed by atoms with Crippen molar-refractivity contribution in [3.8, 4) is 11.5 Å². The molecule has 6 heteroatoms. The SMILES string of the molecule is COc1ccc(OCCNC(=O)CC2(N3Cc4ccccc4C3=O)CCCCC2)cc1. The Morgan fingerprint density at radius 2 is 1.74 bits per heavy atom. The molecule has 2 aromatic rings. The van der Waals surface area contributed by atoms with E-state index in [1.54, 1.807) is 7.11 Å². The summed E-state index contributed by atoms with van der Waals surface area (Å²) in [5.41, 5.74) is 1.45. The van der Waals surface area contributed by atoms with Gasteiger partial charge >= 0.3 is 0 Å². The molecule has 0 saturated heterocycles. The van der Waals surface area contributed by atoms with E-state index in [4.69, 9.17) is 9.47 Å². The second kappa shape index (κ2) is 9.41.